The van der Waals surface area contributed by atoms with E-state index in [9.17, 15) is 0 Å². The molecule has 0 saturated heterocycles. The highest BCUT2D eigenvalue weighted by Gasteiger charge is 2.19. The van der Waals surface area contributed by atoms with Crippen LogP contribution >= 0.6 is 0 Å². The van der Waals surface area contributed by atoms with E-state index in [1.807, 2.05) is 0 Å². The second-order valence-electron chi connectivity index (χ2n) is 14.2. The van der Waals surface area contributed by atoms with Crippen molar-refractivity contribution >= 4 is 54.4 Å². The maximum atomic E-state index is 2.47. The van der Waals surface area contributed by atoms with Crippen molar-refractivity contribution in [2.75, 3.05) is 0 Å². The van der Waals surface area contributed by atoms with Gasteiger partial charge in [0.2, 0.25) is 0 Å². The van der Waals surface area contributed by atoms with Crippen LogP contribution in [-0.4, -0.2) is 9.13 Å². The third-order valence-electron chi connectivity index (χ3n) is 11.1. The molecule has 252 valence electrons. The van der Waals surface area contributed by atoms with E-state index in [0.29, 0.717) is 0 Å². The Morgan fingerprint density at radius 2 is 0.722 bits per heavy atom. The molecule has 54 heavy (non-hydrogen) atoms. The number of fused-ring (bicyclic) bond motifs is 8. The largest absolute Gasteiger partial charge is 0.309 e. The van der Waals surface area contributed by atoms with Gasteiger partial charge in [0.1, 0.15) is 0 Å². The van der Waals surface area contributed by atoms with Crippen LogP contribution in [0, 0.1) is 0 Å². The van der Waals surface area contributed by atoms with Gasteiger partial charge in [-0.15, -0.1) is 0 Å². The molecule has 0 fully saturated rings. The van der Waals surface area contributed by atoms with Gasteiger partial charge in [-0.2, -0.15) is 0 Å². The van der Waals surface area contributed by atoms with E-state index in [1.165, 1.54) is 87.8 Å². The molecule has 0 aliphatic carbocycles. The molecule has 2 aromatic heterocycles. The Kier molecular flexibility index (Phi) is 6.90. The average Bonchev–Trinajstić information content (AvgIpc) is 3.76. The third kappa shape index (κ3) is 4.81. The summed E-state index contributed by atoms with van der Waals surface area (Å²) in [6, 6.07) is 75.2. The molecule has 11 rings (SSSR count). The van der Waals surface area contributed by atoms with E-state index in [0.717, 1.165) is 11.4 Å². The van der Waals surface area contributed by atoms with Crippen molar-refractivity contribution in [2.45, 2.75) is 0 Å². The molecular formula is C52H34N2. The maximum absolute atomic E-state index is 2.47. The Morgan fingerprint density at radius 3 is 1.33 bits per heavy atom. The van der Waals surface area contributed by atoms with Crippen molar-refractivity contribution in [3.8, 4) is 44.8 Å². The molecule has 0 atom stereocenters. The van der Waals surface area contributed by atoms with Crippen LogP contribution in [0.1, 0.15) is 0 Å². The van der Waals surface area contributed by atoms with Crippen LogP contribution in [0.2, 0.25) is 0 Å². The second-order valence-corrected chi connectivity index (χ2v) is 14.2. The minimum Gasteiger partial charge on any atom is -0.309 e. The quantitative estimate of drug-likeness (QED) is 0.171. The zero-order chi connectivity index (χ0) is 35.6. The zero-order valence-corrected chi connectivity index (χ0v) is 29.5. The number of aromatic nitrogens is 2. The number of nitrogens with zero attached hydrogens (tertiary/aromatic N) is 2. The van der Waals surface area contributed by atoms with Crippen molar-refractivity contribution < 1.29 is 0 Å². The van der Waals surface area contributed by atoms with E-state index in [1.54, 1.807) is 0 Å². The molecule has 0 amide bonds. The van der Waals surface area contributed by atoms with Crippen molar-refractivity contribution in [3.63, 3.8) is 0 Å². The first-order chi connectivity index (χ1) is 26.8. The van der Waals surface area contributed by atoms with Crippen LogP contribution in [0.25, 0.3) is 99.1 Å². The number of hydrogen-bond donors (Lipinski definition) is 0. The fourth-order valence-electron chi connectivity index (χ4n) is 8.56. The molecule has 0 unspecified atom stereocenters. The molecule has 0 N–H and O–H groups in total. The Balaban J connectivity index is 1.13. The molecule has 2 heteroatoms. The lowest BCUT2D eigenvalue weighted by atomic mass is 9.93. The predicted molar refractivity (Wildman–Crippen MR) is 229 cm³/mol. The van der Waals surface area contributed by atoms with Gasteiger partial charge in [-0.1, -0.05) is 140 Å². The van der Waals surface area contributed by atoms with Crippen LogP contribution < -0.4 is 0 Å². The van der Waals surface area contributed by atoms with E-state index in [4.69, 9.17) is 0 Å². The van der Waals surface area contributed by atoms with Gasteiger partial charge in [0.15, 0.2) is 0 Å². The first kappa shape index (κ1) is 30.5. The van der Waals surface area contributed by atoms with Crippen molar-refractivity contribution in [3.05, 3.63) is 206 Å². The Morgan fingerprint density at radius 1 is 0.241 bits per heavy atom. The van der Waals surface area contributed by atoms with E-state index < -0.39 is 0 Å². The van der Waals surface area contributed by atoms with Gasteiger partial charge in [-0.05, 0) is 105 Å². The van der Waals surface area contributed by atoms with Crippen LogP contribution in [0.5, 0.6) is 0 Å². The number of rotatable bonds is 5. The minimum atomic E-state index is 1.14. The first-order valence-corrected chi connectivity index (χ1v) is 18.6. The molecule has 0 saturated carbocycles. The van der Waals surface area contributed by atoms with Gasteiger partial charge in [0, 0.05) is 38.3 Å². The molecule has 0 aliphatic rings. The van der Waals surface area contributed by atoms with Crippen LogP contribution in [-0.2, 0) is 0 Å². The van der Waals surface area contributed by atoms with E-state index >= 15 is 0 Å². The molecule has 0 aliphatic heterocycles. The molecule has 2 nitrogen and oxygen atoms in total. The van der Waals surface area contributed by atoms with Crippen LogP contribution in [0.3, 0.4) is 0 Å². The summed E-state index contributed by atoms with van der Waals surface area (Å²) >= 11 is 0. The molecule has 0 bridgehead atoms. The summed E-state index contributed by atoms with van der Waals surface area (Å²) in [5, 5.41) is 7.51. The third-order valence-corrected chi connectivity index (χ3v) is 11.1. The summed E-state index contributed by atoms with van der Waals surface area (Å²) < 4.78 is 4.88. The van der Waals surface area contributed by atoms with E-state index in [-0.39, 0.29) is 0 Å². The van der Waals surface area contributed by atoms with Gasteiger partial charge in [-0.3, -0.25) is 0 Å². The minimum absolute atomic E-state index is 1.14. The molecular weight excluding hydrogens is 653 g/mol. The summed E-state index contributed by atoms with van der Waals surface area (Å²) in [5.41, 5.74) is 14.4. The molecule has 11 aromatic rings. The standard InChI is InChI=1S/C52H34N2/c1-4-14-35(15-5-1)39-30-40(36-16-6-2-7-17-36)32-41(31-39)37-24-27-43(28-25-37)54-50-23-13-10-20-44(50)46-29-26-38-33-48-45-21-11-12-22-49(45)53(42-18-8-3-9-19-42)51(48)34-47(38)52(46)54/h1-34H. The van der Waals surface area contributed by atoms with E-state index in [2.05, 4.69) is 215 Å². The summed E-state index contributed by atoms with van der Waals surface area (Å²) in [6.45, 7) is 0. The van der Waals surface area contributed by atoms with Gasteiger partial charge in [0.25, 0.3) is 0 Å². The smallest absolute Gasteiger partial charge is 0.0620 e. The summed E-state index contributed by atoms with van der Waals surface area (Å²) in [7, 11) is 0. The lowest BCUT2D eigenvalue weighted by molar-refractivity contribution is 1.18. The van der Waals surface area contributed by atoms with Gasteiger partial charge in [-0.25, -0.2) is 0 Å². The highest BCUT2D eigenvalue weighted by atomic mass is 15.0. The fraction of sp³-hybridized carbons (Fsp3) is 0. The topological polar surface area (TPSA) is 9.86 Å². The summed E-state index contributed by atoms with van der Waals surface area (Å²) in [6.07, 6.45) is 0. The molecule has 2 heterocycles. The Labute approximate surface area is 313 Å². The lowest BCUT2D eigenvalue weighted by Crippen LogP contribution is -1.96. The first-order valence-electron chi connectivity index (χ1n) is 18.6. The normalized spacial score (nSPS) is 11.7. The molecule has 0 spiro atoms. The van der Waals surface area contributed by atoms with Gasteiger partial charge >= 0.3 is 0 Å². The summed E-state index contributed by atoms with van der Waals surface area (Å²) in [5.74, 6) is 0. The SMILES string of the molecule is c1ccc(-c2cc(-c3ccccc3)cc(-c3ccc(-n4c5ccccc5c5ccc6cc7c8ccccc8n(-c8ccccc8)c7cc6c54)cc3)c2)cc1. The Bertz CT molecular complexity index is 3110. The highest BCUT2D eigenvalue weighted by Crippen LogP contribution is 2.41. The monoisotopic (exact) mass is 686 g/mol. The molecule has 0 radical (unpaired) electrons. The van der Waals surface area contributed by atoms with Crippen LogP contribution in [0.15, 0.2) is 206 Å². The van der Waals surface area contributed by atoms with Crippen molar-refractivity contribution in [2.24, 2.45) is 0 Å². The maximum Gasteiger partial charge on any atom is 0.0620 e. The lowest BCUT2D eigenvalue weighted by Gasteiger charge is -2.14. The summed E-state index contributed by atoms with van der Waals surface area (Å²) in [4.78, 5) is 0. The zero-order valence-electron chi connectivity index (χ0n) is 29.5. The Hall–Kier alpha value is -7.16. The molecule has 9 aromatic carbocycles. The van der Waals surface area contributed by atoms with Gasteiger partial charge < -0.3 is 9.13 Å². The second kappa shape index (κ2) is 12.2. The number of hydrogen-bond acceptors (Lipinski definition) is 0. The van der Waals surface area contributed by atoms with Crippen molar-refractivity contribution in [1.29, 1.82) is 0 Å². The number of benzene rings is 9. The van der Waals surface area contributed by atoms with Crippen LogP contribution in [0.4, 0.5) is 0 Å². The number of para-hydroxylation sites is 3. The highest BCUT2D eigenvalue weighted by molar-refractivity contribution is 6.22. The van der Waals surface area contributed by atoms with Gasteiger partial charge in [0.05, 0.1) is 22.1 Å². The average molecular weight is 687 g/mol. The fourth-order valence-corrected chi connectivity index (χ4v) is 8.56. The predicted octanol–water partition coefficient (Wildman–Crippen LogP) is 14.0. The van der Waals surface area contributed by atoms with Crippen molar-refractivity contribution in [1.82, 2.24) is 9.13 Å².